The van der Waals surface area contributed by atoms with Crippen molar-refractivity contribution in [3.63, 3.8) is 0 Å². The molecule has 0 aliphatic carbocycles. The molecule has 1 aliphatic heterocycles. The summed E-state index contributed by atoms with van der Waals surface area (Å²) >= 11 is 0. The number of nitrogens with zero attached hydrogens (tertiary/aromatic N) is 2. The van der Waals surface area contributed by atoms with Gasteiger partial charge in [-0.2, -0.15) is 4.98 Å². The number of aryl methyl sites for hydroxylation is 1. The number of nitrogen functional groups attached to an aromatic ring is 1. The molecule has 1 aromatic heterocycles. The van der Waals surface area contributed by atoms with Gasteiger partial charge in [0.25, 0.3) is 0 Å². The molecule has 2 rings (SSSR count). The molecule has 2 heterocycles. The third-order valence-corrected chi connectivity index (χ3v) is 6.42. The highest BCUT2D eigenvalue weighted by molar-refractivity contribution is 7.53. The van der Waals surface area contributed by atoms with E-state index in [4.69, 9.17) is 15.0 Å². The van der Waals surface area contributed by atoms with Crippen molar-refractivity contribution < 1.29 is 34.0 Å². The molecule has 154 valence electrons. The number of rotatable bonds is 6. The van der Waals surface area contributed by atoms with Crippen molar-refractivity contribution >= 4 is 13.4 Å². The molecule has 0 amide bonds. The van der Waals surface area contributed by atoms with Crippen LogP contribution in [-0.2, 0) is 13.8 Å². The zero-order valence-corrected chi connectivity index (χ0v) is 16.4. The fourth-order valence-electron chi connectivity index (χ4n) is 2.85. The van der Waals surface area contributed by atoms with Crippen LogP contribution < -0.4 is 11.4 Å². The summed E-state index contributed by atoms with van der Waals surface area (Å²) < 4.78 is 24.0. The number of aliphatic hydroxyl groups excluding tert-OH is 3. The van der Waals surface area contributed by atoms with Crippen LogP contribution in [0.25, 0.3) is 0 Å². The average molecular weight is 407 g/mol. The molecule has 1 aromatic rings. The molecule has 1 saturated heterocycles. The first-order valence-corrected chi connectivity index (χ1v) is 10.1. The first-order chi connectivity index (χ1) is 12.3. The van der Waals surface area contributed by atoms with Crippen LogP contribution in [0.1, 0.15) is 39.0 Å². The maximum Gasteiger partial charge on any atom is 0.356 e. The van der Waals surface area contributed by atoms with Crippen LogP contribution in [0.5, 0.6) is 0 Å². The van der Waals surface area contributed by atoms with Crippen LogP contribution in [0.2, 0.25) is 0 Å². The van der Waals surface area contributed by atoms with Gasteiger partial charge >= 0.3 is 13.3 Å². The molecule has 1 fully saturated rings. The predicted molar refractivity (Wildman–Crippen MR) is 94.9 cm³/mol. The molecule has 1 aliphatic rings. The Morgan fingerprint density at radius 2 is 2.07 bits per heavy atom. The normalized spacial score (nSPS) is 31.3. The van der Waals surface area contributed by atoms with Crippen molar-refractivity contribution in [2.45, 2.75) is 70.1 Å². The van der Waals surface area contributed by atoms with Crippen LogP contribution in [-0.4, -0.2) is 59.5 Å². The van der Waals surface area contributed by atoms with E-state index in [1.54, 1.807) is 13.8 Å². The Morgan fingerprint density at radius 1 is 1.48 bits per heavy atom. The highest BCUT2D eigenvalue weighted by atomic mass is 31.2. The van der Waals surface area contributed by atoms with E-state index >= 15 is 0 Å². The molecule has 7 atom stereocenters. The van der Waals surface area contributed by atoms with Crippen molar-refractivity contribution in [2.75, 3.05) is 5.73 Å². The minimum absolute atomic E-state index is 0.0284. The van der Waals surface area contributed by atoms with Crippen LogP contribution in [0.4, 0.5) is 5.82 Å². The number of hydrogen-bond donors (Lipinski definition) is 5. The Bertz CT molecular complexity index is 800. The lowest BCUT2D eigenvalue weighted by atomic mass is 9.91. The quantitative estimate of drug-likeness (QED) is 0.385. The lowest BCUT2D eigenvalue weighted by Crippen LogP contribution is -2.48. The van der Waals surface area contributed by atoms with Crippen molar-refractivity contribution in [1.82, 2.24) is 9.55 Å². The molecule has 27 heavy (non-hydrogen) atoms. The molecular weight excluding hydrogens is 381 g/mol. The SMILES string of the molecule is CCC(C)(OP(=O)(O)C(C)O)C1O[C@@H](n2cc(C)c(N)nc2=O)[C@H](O)[C@@H]1O. The first-order valence-electron chi connectivity index (χ1n) is 8.42. The molecule has 4 unspecified atom stereocenters. The summed E-state index contributed by atoms with van der Waals surface area (Å²) in [4.78, 5) is 25.6. The van der Waals surface area contributed by atoms with Gasteiger partial charge in [0.1, 0.15) is 29.7 Å². The lowest BCUT2D eigenvalue weighted by molar-refractivity contribution is -0.126. The Labute approximate surface area is 155 Å². The summed E-state index contributed by atoms with van der Waals surface area (Å²) in [5.41, 5.74) is 3.73. The van der Waals surface area contributed by atoms with Crippen LogP contribution in [0.3, 0.4) is 0 Å². The summed E-state index contributed by atoms with van der Waals surface area (Å²) in [6.45, 7) is 5.75. The van der Waals surface area contributed by atoms with E-state index in [1.807, 2.05) is 0 Å². The monoisotopic (exact) mass is 407 g/mol. The van der Waals surface area contributed by atoms with Crippen molar-refractivity contribution in [1.29, 1.82) is 0 Å². The first kappa shape index (κ1) is 22.0. The van der Waals surface area contributed by atoms with Gasteiger partial charge in [-0.3, -0.25) is 13.7 Å². The van der Waals surface area contributed by atoms with Crippen molar-refractivity contribution in [3.8, 4) is 0 Å². The van der Waals surface area contributed by atoms with Gasteiger partial charge in [0.15, 0.2) is 12.1 Å². The maximum atomic E-state index is 12.1. The molecular formula is C15H26N3O8P. The highest BCUT2D eigenvalue weighted by Crippen LogP contribution is 2.53. The van der Waals surface area contributed by atoms with E-state index < -0.39 is 49.3 Å². The van der Waals surface area contributed by atoms with Gasteiger partial charge in [-0.05, 0) is 27.2 Å². The number of nitrogens with two attached hydrogens (primary N) is 1. The van der Waals surface area contributed by atoms with Crippen LogP contribution in [0, 0.1) is 6.92 Å². The van der Waals surface area contributed by atoms with Crippen molar-refractivity contribution in [2.24, 2.45) is 0 Å². The molecule has 11 nitrogen and oxygen atoms in total. The van der Waals surface area contributed by atoms with Gasteiger partial charge < -0.3 is 30.7 Å². The molecule has 0 bridgehead atoms. The smallest absolute Gasteiger partial charge is 0.356 e. The molecule has 0 saturated carbocycles. The largest absolute Gasteiger partial charge is 0.387 e. The van der Waals surface area contributed by atoms with Gasteiger partial charge in [0, 0.05) is 11.8 Å². The second kappa shape index (κ2) is 7.59. The second-order valence-electron chi connectivity index (χ2n) is 6.88. The zero-order valence-electron chi connectivity index (χ0n) is 15.5. The van der Waals surface area contributed by atoms with E-state index in [9.17, 15) is 29.6 Å². The Kier molecular flexibility index (Phi) is 6.18. The Balaban J connectivity index is 2.39. The van der Waals surface area contributed by atoms with Gasteiger partial charge in [-0.15, -0.1) is 0 Å². The number of hydrogen-bond acceptors (Lipinski definition) is 9. The van der Waals surface area contributed by atoms with E-state index in [0.717, 1.165) is 11.5 Å². The highest BCUT2D eigenvalue weighted by Gasteiger charge is 2.54. The zero-order chi connectivity index (χ0) is 20.7. The van der Waals surface area contributed by atoms with E-state index in [-0.39, 0.29) is 12.2 Å². The van der Waals surface area contributed by atoms with Gasteiger partial charge in [-0.25, -0.2) is 4.79 Å². The summed E-state index contributed by atoms with van der Waals surface area (Å²) in [6, 6.07) is 0. The predicted octanol–water partition coefficient (Wildman–Crippen LogP) is -0.538. The Morgan fingerprint density at radius 3 is 2.59 bits per heavy atom. The van der Waals surface area contributed by atoms with Crippen LogP contribution in [0.15, 0.2) is 11.0 Å². The van der Waals surface area contributed by atoms with Gasteiger partial charge in [0.05, 0.1) is 0 Å². The summed E-state index contributed by atoms with van der Waals surface area (Å²) in [6.07, 6.45) is -4.17. The summed E-state index contributed by atoms with van der Waals surface area (Å²) in [5.74, 6) is -1.63. The topological polar surface area (TPSA) is 177 Å². The van der Waals surface area contributed by atoms with E-state index in [1.165, 1.54) is 13.1 Å². The Hall–Kier alpha value is -1.33. The lowest BCUT2D eigenvalue weighted by Gasteiger charge is -2.37. The van der Waals surface area contributed by atoms with Crippen LogP contribution >= 0.6 is 7.60 Å². The summed E-state index contributed by atoms with van der Waals surface area (Å²) in [5, 5.41) is 30.3. The fourth-order valence-corrected chi connectivity index (χ4v) is 3.83. The standard InChI is InChI=1S/C15H26N3O8P/c1-5-15(4,26-27(23,24)8(3)19)11-9(20)10(21)13(25-11)18-6-7(2)12(16)17-14(18)22/h6,8-11,13,19-21H,5H2,1-4H3,(H,23,24)(H2,16,17,22)/t8?,9-,10+,11?,13+,15?/m0/s1. The number of aromatic nitrogens is 2. The number of ether oxygens (including phenoxy) is 1. The number of anilines is 1. The minimum Gasteiger partial charge on any atom is -0.387 e. The average Bonchev–Trinajstić information content (AvgIpc) is 2.86. The van der Waals surface area contributed by atoms with E-state index in [0.29, 0.717) is 5.56 Å². The maximum absolute atomic E-state index is 12.1. The molecule has 0 radical (unpaired) electrons. The third kappa shape index (κ3) is 4.09. The summed E-state index contributed by atoms with van der Waals surface area (Å²) in [7, 11) is -4.43. The second-order valence-corrected chi connectivity index (χ2v) is 8.94. The number of aliphatic hydroxyl groups is 3. The third-order valence-electron chi connectivity index (χ3n) is 4.80. The molecule has 6 N–H and O–H groups in total. The molecule has 0 spiro atoms. The van der Waals surface area contributed by atoms with E-state index in [2.05, 4.69) is 4.98 Å². The van der Waals surface area contributed by atoms with Gasteiger partial charge in [-0.1, -0.05) is 6.92 Å². The molecule has 12 heteroatoms. The van der Waals surface area contributed by atoms with Gasteiger partial charge in [0.2, 0.25) is 0 Å². The fraction of sp³-hybridized carbons (Fsp3) is 0.733. The van der Waals surface area contributed by atoms with Crippen molar-refractivity contribution in [3.05, 3.63) is 22.2 Å². The molecule has 0 aromatic carbocycles. The minimum atomic E-state index is -4.43.